The third-order valence-corrected chi connectivity index (χ3v) is 3.57. The van der Waals surface area contributed by atoms with Gasteiger partial charge in [0, 0.05) is 16.2 Å². The molecule has 0 radical (unpaired) electrons. The number of carboxylic acids is 1. The number of rotatable bonds is 6. The van der Waals surface area contributed by atoms with Crippen LogP contribution in [-0.2, 0) is 11.3 Å². The van der Waals surface area contributed by atoms with Crippen LogP contribution in [0.4, 0.5) is 0 Å². The Hall–Kier alpha value is -0.620. The Balaban J connectivity index is 2.71. The predicted molar refractivity (Wildman–Crippen MR) is 77.0 cm³/mol. The molecule has 0 aliphatic carbocycles. The van der Waals surface area contributed by atoms with Crippen molar-refractivity contribution in [2.24, 2.45) is 0 Å². The highest BCUT2D eigenvalue weighted by Crippen LogP contribution is 2.12. The van der Waals surface area contributed by atoms with Gasteiger partial charge in [0.05, 0.1) is 6.54 Å². The van der Waals surface area contributed by atoms with Gasteiger partial charge in [0.2, 0.25) is 0 Å². The van der Waals surface area contributed by atoms with Gasteiger partial charge in [-0.2, -0.15) is 0 Å². The molecule has 0 aliphatic rings. The van der Waals surface area contributed by atoms with Gasteiger partial charge in [-0.1, -0.05) is 19.1 Å². The monoisotopic (exact) mass is 347 g/mol. The second kappa shape index (κ2) is 6.96. The lowest BCUT2D eigenvalue weighted by Gasteiger charge is -2.26. The predicted octanol–water partition coefficient (Wildman–Crippen LogP) is 2.98. The molecule has 0 saturated heterocycles. The Morgan fingerprint density at radius 3 is 2.47 bits per heavy atom. The van der Waals surface area contributed by atoms with Crippen molar-refractivity contribution in [1.82, 2.24) is 4.90 Å². The maximum absolute atomic E-state index is 10.8. The van der Waals surface area contributed by atoms with Crippen LogP contribution in [0.5, 0.6) is 0 Å². The van der Waals surface area contributed by atoms with Gasteiger partial charge in [-0.15, -0.1) is 0 Å². The van der Waals surface area contributed by atoms with E-state index in [0.29, 0.717) is 6.54 Å². The zero-order valence-electron chi connectivity index (χ0n) is 10.2. The molecule has 1 rings (SSSR count). The molecule has 0 spiro atoms. The van der Waals surface area contributed by atoms with Gasteiger partial charge >= 0.3 is 5.97 Å². The second-order valence-corrected chi connectivity index (χ2v) is 5.43. The SMILES string of the molecule is CCC(C)N(CC(=O)O)Cc1ccc(I)cc1. The van der Waals surface area contributed by atoms with Crippen molar-refractivity contribution >= 4 is 28.6 Å². The van der Waals surface area contributed by atoms with E-state index >= 15 is 0 Å². The molecule has 1 N–H and O–H groups in total. The van der Waals surface area contributed by atoms with Crippen molar-refractivity contribution in [2.75, 3.05) is 6.54 Å². The van der Waals surface area contributed by atoms with Gasteiger partial charge in [-0.05, 0) is 53.6 Å². The molecule has 0 amide bonds. The van der Waals surface area contributed by atoms with Gasteiger partial charge in [-0.25, -0.2) is 0 Å². The number of nitrogens with zero attached hydrogens (tertiary/aromatic N) is 1. The molecule has 1 atom stereocenters. The first-order chi connectivity index (χ1) is 8.02. The zero-order chi connectivity index (χ0) is 12.8. The quantitative estimate of drug-likeness (QED) is 0.805. The minimum atomic E-state index is -0.768. The van der Waals surface area contributed by atoms with Crippen molar-refractivity contribution in [3.8, 4) is 0 Å². The first kappa shape index (κ1) is 14.4. The molecule has 17 heavy (non-hydrogen) atoms. The highest BCUT2D eigenvalue weighted by Gasteiger charge is 2.15. The van der Waals surface area contributed by atoms with Crippen LogP contribution in [0.3, 0.4) is 0 Å². The smallest absolute Gasteiger partial charge is 0.317 e. The molecule has 0 bridgehead atoms. The summed E-state index contributed by atoms with van der Waals surface area (Å²) in [6.45, 7) is 4.93. The van der Waals surface area contributed by atoms with Crippen molar-refractivity contribution < 1.29 is 9.90 Å². The summed E-state index contributed by atoms with van der Waals surface area (Å²) in [6, 6.07) is 8.49. The maximum atomic E-state index is 10.8. The van der Waals surface area contributed by atoms with E-state index in [0.717, 1.165) is 12.0 Å². The number of aliphatic carboxylic acids is 1. The number of carboxylic acid groups (broad SMARTS) is 1. The normalized spacial score (nSPS) is 12.7. The van der Waals surface area contributed by atoms with Crippen LogP contribution in [0.15, 0.2) is 24.3 Å². The Morgan fingerprint density at radius 1 is 1.41 bits per heavy atom. The molecule has 0 fully saturated rings. The van der Waals surface area contributed by atoms with Crippen molar-refractivity contribution in [2.45, 2.75) is 32.9 Å². The number of halogens is 1. The van der Waals surface area contributed by atoms with Gasteiger partial charge < -0.3 is 5.11 Å². The summed E-state index contributed by atoms with van der Waals surface area (Å²) in [5.74, 6) is -0.768. The second-order valence-electron chi connectivity index (χ2n) is 4.18. The summed E-state index contributed by atoms with van der Waals surface area (Å²) in [6.07, 6.45) is 0.956. The highest BCUT2D eigenvalue weighted by atomic mass is 127. The minimum Gasteiger partial charge on any atom is -0.480 e. The van der Waals surface area contributed by atoms with E-state index < -0.39 is 5.97 Å². The number of hydrogen-bond donors (Lipinski definition) is 1. The van der Waals surface area contributed by atoms with Crippen LogP contribution >= 0.6 is 22.6 Å². The van der Waals surface area contributed by atoms with Crippen LogP contribution in [0.2, 0.25) is 0 Å². The van der Waals surface area contributed by atoms with Gasteiger partial charge in [0.1, 0.15) is 0 Å². The summed E-state index contributed by atoms with van der Waals surface area (Å²) >= 11 is 2.26. The lowest BCUT2D eigenvalue weighted by Crippen LogP contribution is -2.36. The van der Waals surface area contributed by atoms with E-state index in [2.05, 4.69) is 48.6 Å². The van der Waals surface area contributed by atoms with E-state index in [1.54, 1.807) is 0 Å². The standard InChI is InChI=1S/C13H18INO2/c1-3-10(2)15(9-13(16)17)8-11-4-6-12(14)7-5-11/h4-7,10H,3,8-9H2,1-2H3,(H,16,17). The van der Waals surface area contributed by atoms with Crippen molar-refractivity contribution in [1.29, 1.82) is 0 Å². The molecule has 1 aromatic rings. The van der Waals surface area contributed by atoms with E-state index in [4.69, 9.17) is 5.11 Å². The molecule has 94 valence electrons. The fraction of sp³-hybridized carbons (Fsp3) is 0.462. The molecule has 0 saturated carbocycles. The Labute approximate surface area is 116 Å². The molecule has 0 aliphatic heterocycles. The Morgan fingerprint density at radius 2 is 2.00 bits per heavy atom. The number of carbonyl (C=O) groups is 1. The molecule has 3 nitrogen and oxygen atoms in total. The fourth-order valence-corrected chi connectivity index (χ4v) is 1.98. The lowest BCUT2D eigenvalue weighted by atomic mass is 10.1. The van der Waals surface area contributed by atoms with Crippen LogP contribution in [0, 0.1) is 3.57 Å². The average molecular weight is 347 g/mol. The van der Waals surface area contributed by atoms with Crippen LogP contribution < -0.4 is 0 Å². The Bertz CT molecular complexity index is 364. The average Bonchev–Trinajstić information content (AvgIpc) is 2.29. The van der Waals surface area contributed by atoms with Crippen LogP contribution in [-0.4, -0.2) is 28.6 Å². The minimum absolute atomic E-state index is 0.0982. The van der Waals surface area contributed by atoms with Gasteiger partial charge in [-0.3, -0.25) is 9.69 Å². The lowest BCUT2D eigenvalue weighted by molar-refractivity contribution is -0.139. The third kappa shape index (κ3) is 5.04. The molecule has 1 aromatic carbocycles. The molecule has 4 heteroatoms. The van der Waals surface area contributed by atoms with Crippen molar-refractivity contribution in [3.63, 3.8) is 0 Å². The molecule has 0 aromatic heterocycles. The topological polar surface area (TPSA) is 40.5 Å². The highest BCUT2D eigenvalue weighted by molar-refractivity contribution is 14.1. The molecule has 1 unspecified atom stereocenters. The summed E-state index contributed by atoms with van der Waals surface area (Å²) < 4.78 is 1.19. The van der Waals surface area contributed by atoms with Gasteiger partial charge in [0.25, 0.3) is 0 Å². The summed E-state index contributed by atoms with van der Waals surface area (Å²) in [5.41, 5.74) is 1.16. The largest absolute Gasteiger partial charge is 0.480 e. The van der Waals surface area contributed by atoms with E-state index in [9.17, 15) is 4.79 Å². The fourth-order valence-electron chi connectivity index (χ4n) is 1.62. The van der Waals surface area contributed by atoms with E-state index in [1.165, 1.54) is 3.57 Å². The first-order valence-corrected chi connectivity index (χ1v) is 6.81. The Kier molecular flexibility index (Phi) is 5.91. The van der Waals surface area contributed by atoms with Crippen LogP contribution in [0.25, 0.3) is 0 Å². The maximum Gasteiger partial charge on any atom is 0.317 e. The van der Waals surface area contributed by atoms with E-state index in [-0.39, 0.29) is 12.6 Å². The summed E-state index contributed by atoms with van der Waals surface area (Å²) in [4.78, 5) is 12.8. The molecular weight excluding hydrogens is 329 g/mol. The van der Waals surface area contributed by atoms with Crippen molar-refractivity contribution in [3.05, 3.63) is 33.4 Å². The van der Waals surface area contributed by atoms with Gasteiger partial charge in [0.15, 0.2) is 0 Å². The van der Waals surface area contributed by atoms with Crippen LogP contribution in [0.1, 0.15) is 25.8 Å². The third-order valence-electron chi connectivity index (χ3n) is 2.85. The number of hydrogen-bond acceptors (Lipinski definition) is 2. The van der Waals surface area contributed by atoms with E-state index in [1.807, 2.05) is 17.0 Å². The number of benzene rings is 1. The first-order valence-electron chi connectivity index (χ1n) is 5.73. The molecular formula is C13H18INO2. The summed E-state index contributed by atoms with van der Waals surface area (Å²) in [5, 5.41) is 8.91. The zero-order valence-corrected chi connectivity index (χ0v) is 12.3. The molecule has 0 heterocycles. The summed E-state index contributed by atoms with van der Waals surface area (Å²) in [7, 11) is 0.